The van der Waals surface area contributed by atoms with Gasteiger partial charge in [0.25, 0.3) is 0 Å². The van der Waals surface area contributed by atoms with E-state index in [0.717, 1.165) is 46.5 Å². The van der Waals surface area contributed by atoms with Gasteiger partial charge in [-0.25, -0.2) is 0 Å². The highest BCUT2D eigenvalue weighted by Gasteiger charge is 2.48. The Labute approximate surface area is 267 Å². The average Bonchev–Trinajstić information content (AvgIpc) is 3.11. The van der Waals surface area contributed by atoms with E-state index >= 15 is 0 Å². The van der Waals surface area contributed by atoms with Crippen LogP contribution in [-0.4, -0.2) is 44.0 Å². The highest BCUT2D eigenvalue weighted by atomic mass is 79.9. The molecule has 1 fully saturated rings. The fraction of sp³-hybridized carbons (Fsp3) is 0.424. The van der Waals surface area contributed by atoms with E-state index in [-0.39, 0.29) is 37.3 Å². The highest BCUT2D eigenvalue weighted by molar-refractivity contribution is 9.10. The number of carbonyl (C=O) groups is 3. The van der Waals surface area contributed by atoms with Crippen LogP contribution >= 0.6 is 28.3 Å². The van der Waals surface area contributed by atoms with Crippen LogP contribution in [0.3, 0.4) is 0 Å². The Morgan fingerprint density at radius 2 is 1.77 bits per heavy atom. The third-order valence-corrected chi connectivity index (χ3v) is 9.69. The summed E-state index contributed by atoms with van der Waals surface area (Å²) in [5.74, 6) is -0.948. The maximum absolute atomic E-state index is 14.7. The van der Waals surface area contributed by atoms with E-state index in [1.807, 2.05) is 54.6 Å². The number of halogens is 2. The summed E-state index contributed by atoms with van der Waals surface area (Å²) in [5, 5.41) is 4.97. The number of primary amides is 1. The highest BCUT2D eigenvalue weighted by Crippen LogP contribution is 2.41. The average molecular weight is 672 g/mol. The topological polar surface area (TPSA) is 105 Å². The fourth-order valence-corrected chi connectivity index (χ4v) is 6.87. The summed E-state index contributed by atoms with van der Waals surface area (Å²) in [7, 11) is 3.24. The van der Waals surface area contributed by atoms with Gasteiger partial charge in [-0.1, -0.05) is 59.5 Å². The summed E-state index contributed by atoms with van der Waals surface area (Å²) >= 11 is 3.56. The quantitative estimate of drug-likeness (QED) is 0.308. The number of nitrogens with one attached hydrogen (secondary N) is 1. The lowest BCUT2D eigenvalue weighted by molar-refractivity contribution is -0.133. The summed E-state index contributed by atoms with van der Waals surface area (Å²) in [6, 6.07) is 17.4. The second-order valence-electron chi connectivity index (χ2n) is 11.6. The number of hydrogen-bond donors (Lipinski definition) is 2. The van der Waals surface area contributed by atoms with Crippen LogP contribution in [0.4, 0.5) is 11.4 Å². The number of ether oxygens (including phenoxy) is 1. The fourth-order valence-electron chi connectivity index (χ4n) is 6.49. The van der Waals surface area contributed by atoms with Gasteiger partial charge in [0.05, 0.1) is 30.9 Å². The van der Waals surface area contributed by atoms with Gasteiger partial charge in [-0.15, -0.1) is 12.4 Å². The first-order valence-corrected chi connectivity index (χ1v) is 15.4. The van der Waals surface area contributed by atoms with Crippen molar-refractivity contribution in [3.05, 3.63) is 64.6 Å². The van der Waals surface area contributed by atoms with Gasteiger partial charge >= 0.3 is 0 Å². The largest absolute Gasteiger partial charge is 0.496 e. The van der Waals surface area contributed by atoms with Crippen molar-refractivity contribution in [2.45, 2.75) is 57.5 Å². The van der Waals surface area contributed by atoms with Crippen LogP contribution in [0.15, 0.2) is 59.1 Å². The minimum Gasteiger partial charge on any atom is -0.496 e. The molecule has 8 nitrogen and oxygen atoms in total. The predicted molar refractivity (Wildman–Crippen MR) is 177 cm³/mol. The molecular weight excluding hydrogens is 632 g/mol. The van der Waals surface area contributed by atoms with Crippen LogP contribution in [0.5, 0.6) is 5.75 Å². The molecule has 1 saturated carbocycles. The SMILES string of the molecule is CNC(C)(C(N)=O)[C@@H]1CN(C(=O)CC2CCCCC2)c2ccccc2N(Cc2c(OC)ccc3cc(Br)ccc23)C1=O.Cl. The van der Waals surface area contributed by atoms with E-state index in [2.05, 4.69) is 21.2 Å². The Kier molecular flexibility index (Phi) is 10.4. The summed E-state index contributed by atoms with van der Waals surface area (Å²) in [6.07, 6.45) is 5.94. The standard InChI is InChI=1S/C33H39BrN4O4.ClH/c1-33(36-2,32(35)41)26-20-37(30(39)17-21-9-5-4-6-10-21)27-11-7-8-12-28(27)38(31(26)40)19-25-24-15-14-23(34)18-22(24)13-16-29(25)42-3;/h7-8,11-16,18,21,26,36H,4-6,9-10,17,19-20H2,1-3H3,(H2,35,41);1H/t26-,33?;/m1./s1. The molecule has 1 aliphatic carbocycles. The number of amides is 3. The van der Waals surface area contributed by atoms with Crippen molar-refractivity contribution in [2.24, 2.45) is 17.6 Å². The Hall–Kier alpha value is -3.14. The van der Waals surface area contributed by atoms with Gasteiger partial charge in [0, 0.05) is 23.0 Å². The zero-order chi connectivity index (χ0) is 30.0. The van der Waals surface area contributed by atoms with Gasteiger partial charge < -0.3 is 25.6 Å². The molecule has 1 aliphatic heterocycles. The summed E-state index contributed by atoms with van der Waals surface area (Å²) < 4.78 is 6.72. The molecule has 0 saturated heterocycles. The number of hydrogen-bond acceptors (Lipinski definition) is 5. The molecule has 43 heavy (non-hydrogen) atoms. The molecular formula is C33H40BrClN4O4. The molecule has 3 N–H and O–H groups in total. The maximum atomic E-state index is 14.7. The van der Waals surface area contributed by atoms with Crippen molar-refractivity contribution < 1.29 is 19.1 Å². The lowest BCUT2D eigenvalue weighted by Gasteiger charge is -2.36. The molecule has 3 aromatic carbocycles. The molecule has 2 atom stereocenters. The van der Waals surface area contributed by atoms with Gasteiger partial charge in [-0.05, 0) is 73.8 Å². The Morgan fingerprint density at radius 1 is 1.07 bits per heavy atom. The zero-order valence-corrected chi connectivity index (χ0v) is 27.3. The lowest BCUT2D eigenvalue weighted by Crippen LogP contribution is -2.63. The lowest BCUT2D eigenvalue weighted by atomic mass is 9.82. The molecule has 1 heterocycles. The zero-order valence-electron chi connectivity index (χ0n) is 24.9. The molecule has 3 amide bonds. The first-order chi connectivity index (χ1) is 20.2. The van der Waals surface area contributed by atoms with Crippen molar-refractivity contribution in [3.8, 4) is 5.75 Å². The molecule has 1 unspecified atom stereocenters. The van der Waals surface area contributed by atoms with Crippen LogP contribution in [0, 0.1) is 11.8 Å². The Balaban J connectivity index is 0.00000423. The molecule has 0 aromatic heterocycles. The van der Waals surface area contributed by atoms with Gasteiger partial charge in [-0.2, -0.15) is 0 Å². The Bertz CT molecular complexity index is 1510. The monoisotopic (exact) mass is 670 g/mol. The Morgan fingerprint density at radius 3 is 2.42 bits per heavy atom. The first kappa shape index (κ1) is 32.8. The van der Waals surface area contributed by atoms with Gasteiger partial charge in [0.2, 0.25) is 17.7 Å². The van der Waals surface area contributed by atoms with Crippen molar-refractivity contribution in [1.82, 2.24) is 5.32 Å². The number of fused-ring (bicyclic) bond motifs is 2. The summed E-state index contributed by atoms with van der Waals surface area (Å²) in [4.78, 5) is 45.0. The molecule has 0 spiro atoms. The second-order valence-corrected chi connectivity index (χ2v) is 12.5. The van der Waals surface area contributed by atoms with Crippen molar-refractivity contribution in [3.63, 3.8) is 0 Å². The first-order valence-electron chi connectivity index (χ1n) is 14.6. The smallest absolute Gasteiger partial charge is 0.238 e. The molecule has 5 rings (SSSR count). The van der Waals surface area contributed by atoms with E-state index in [1.54, 1.807) is 30.9 Å². The number of methoxy groups -OCH3 is 1. The van der Waals surface area contributed by atoms with E-state index in [9.17, 15) is 14.4 Å². The molecule has 230 valence electrons. The third kappa shape index (κ3) is 6.40. The van der Waals surface area contributed by atoms with Crippen LogP contribution in [0.1, 0.15) is 51.0 Å². The van der Waals surface area contributed by atoms with E-state index in [4.69, 9.17) is 10.5 Å². The minimum absolute atomic E-state index is 0. The van der Waals surface area contributed by atoms with Crippen LogP contribution in [0.2, 0.25) is 0 Å². The van der Waals surface area contributed by atoms with Gasteiger partial charge in [-0.3, -0.25) is 14.4 Å². The van der Waals surface area contributed by atoms with Crippen LogP contribution in [0.25, 0.3) is 10.8 Å². The molecule has 10 heteroatoms. The molecule has 3 aromatic rings. The van der Waals surface area contributed by atoms with E-state index < -0.39 is 17.4 Å². The van der Waals surface area contributed by atoms with Crippen molar-refractivity contribution in [1.29, 1.82) is 0 Å². The van der Waals surface area contributed by atoms with Crippen molar-refractivity contribution >= 4 is 68.2 Å². The van der Waals surface area contributed by atoms with Gasteiger partial charge in [0.15, 0.2) is 0 Å². The predicted octanol–water partition coefficient (Wildman–Crippen LogP) is 5.96. The minimum atomic E-state index is -1.39. The summed E-state index contributed by atoms with van der Waals surface area (Å²) in [5.41, 5.74) is 6.63. The number of carbonyl (C=O) groups excluding carboxylic acids is 3. The maximum Gasteiger partial charge on any atom is 0.238 e. The molecule has 0 bridgehead atoms. The van der Waals surface area contributed by atoms with E-state index in [0.29, 0.717) is 29.5 Å². The molecule has 0 radical (unpaired) electrons. The number of rotatable bonds is 8. The number of likely N-dealkylation sites (N-methyl/N-ethyl adjacent to an activating group) is 1. The number of nitrogens with two attached hydrogens (primary N) is 1. The van der Waals surface area contributed by atoms with Gasteiger partial charge in [0.1, 0.15) is 11.3 Å². The number of para-hydroxylation sites is 2. The number of anilines is 2. The van der Waals surface area contributed by atoms with Crippen LogP contribution in [-0.2, 0) is 20.9 Å². The molecule has 2 aliphatic rings. The summed E-state index contributed by atoms with van der Waals surface area (Å²) in [6.45, 7) is 1.86. The van der Waals surface area contributed by atoms with Crippen LogP contribution < -0.4 is 25.6 Å². The van der Waals surface area contributed by atoms with Crippen molar-refractivity contribution in [2.75, 3.05) is 30.5 Å². The number of benzene rings is 3. The normalized spacial score (nSPS) is 18.8. The number of nitrogens with zero attached hydrogens (tertiary/aromatic N) is 2. The third-order valence-electron chi connectivity index (χ3n) is 9.20. The second kappa shape index (κ2) is 13.7. The van der Waals surface area contributed by atoms with E-state index in [1.165, 1.54) is 6.42 Å².